The SMILES string of the molecule is COCC(C)NC(=O)C(NC(=O)c1ccc([N+](=O)[O-])cc1Cl)C(C)C. The van der Waals surface area contributed by atoms with Crippen LogP contribution in [-0.2, 0) is 9.53 Å². The van der Waals surface area contributed by atoms with Crippen molar-refractivity contribution in [2.24, 2.45) is 5.92 Å². The van der Waals surface area contributed by atoms with Crippen LogP contribution in [0.25, 0.3) is 0 Å². The van der Waals surface area contributed by atoms with Crippen molar-refractivity contribution in [1.29, 1.82) is 0 Å². The highest BCUT2D eigenvalue weighted by molar-refractivity contribution is 6.34. The number of benzene rings is 1. The summed E-state index contributed by atoms with van der Waals surface area (Å²) in [6.07, 6.45) is 0. The second kappa shape index (κ2) is 9.33. The van der Waals surface area contributed by atoms with Gasteiger partial charge in [-0.2, -0.15) is 0 Å². The molecule has 0 saturated carbocycles. The summed E-state index contributed by atoms with van der Waals surface area (Å²) in [5.41, 5.74) is -0.149. The van der Waals surface area contributed by atoms with E-state index in [4.69, 9.17) is 16.3 Å². The Bertz CT molecular complexity index is 651. The molecule has 9 heteroatoms. The van der Waals surface area contributed by atoms with Crippen molar-refractivity contribution in [3.8, 4) is 0 Å². The molecular weight excluding hydrogens is 350 g/mol. The van der Waals surface area contributed by atoms with Crippen molar-refractivity contribution >= 4 is 29.1 Å². The van der Waals surface area contributed by atoms with Crippen molar-refractivity contribution < 1.29 is 19.2 Å². The molecule has 0 saturated heterocycles. The van der Waals surface area contributed by atoms with Gasteiger partial charge in [0.1, 0.15) is 6.04 Å². The molecule has 0 aromatic heterocycles. The molecule has 2 unspecified atom stereocenters. The number of halogens is 1. The minimum absolute atomic E-state index is 0.0534. The molecule has 25 heavy (non-hydrogen) atoms. The predicted octanol–water partition coefficient (Wildman–Crippen LogP) is 2.15. The van der Waals surface area contributed by atoms with E-state index in [0.29, 0.717) is 6.61 Å². The van der Waals surface area contributed by atoms with Gasteiger partial charge in [0.2, 0.25) is 5.91 Å². The van der Waals surface area contributed by atoms with Crippen LogP contribution < -0.4 is 10.6 Å². The summed E-state index contributed by atoms with van der Waals surface area (Å²) in [5.74, 6) is -1.09. The average molecular weight is 372 g/mol. The smallest absolute Gasteiger partial charge is 0.270 e. The summed E-state index contributed by atoms with van der Waals surface area (Å²) < 4.78 is 4.97. The predicted molar refractivity (Wildman–Crippen MR) is 93.7 cm³/mol. The van der Waals surface area contributed by atoms with Crippen LogP contribution >= 0.6 is 11.6 Å². The van der Waals surface area contributed by atoms with Crippen molar-refractivity contribution in [1.82, 2.24) is 10.6 Å². The van der Waals surface area contributed by atoms with E-state index in [1.165, 1.54) is 19.2 Å². The lowest BCUT2D eigenvalue weighted by molar-refractivity contribution is -0.384. The molecular formula is C16H22ClN3O5. The Balaban J connectivity index is 2.90. The van der Waals surface area contributed by atoms with Crippen LogP contribution in [0.2, 0.25) is 5.02 Å². The summed E-state index contributed by atoms with van der Waals surface area (Å²) in [7, 11) is 1.53. The monoisotopic (exact) mass is 371 g/mol. The number of non-ortho nitro benzene ring substituents is 1. The molecule has 0 aliphatic carbocycles. The fourth-order valence-corrected chi connectivity index (χ4v) is 2.44. The van der Waals surface area contributed by atoms with Gasteiger partial charge in [0.05, 0.1) is 22.1 Å². The first-order valence-electron chi connectivity index (χ1n) is 7.71. The van der Waals surface area contributed by atoms with Crippen LogP contribution in [-0.4, -0.2) is 42.5 Å². The Labute approximate surface area is 151 Å². The number of nitrogens with zero attached hydrogens (tertiary/aromatic N) is 1. The fraction of sp³-hybridized carbons (Fsp3) is 0.500. The quantitative estimate of drug-likeness (QED) is 0.537. The molecule has 1 aromatic carbocycles. The first-order valence-corrected chi connectivity index (χ1v) is 8.09. The maximum absolute atomic E-state index is 12.4. The van der Waals surface area contributed by atoms with Gasteiger partial charge in [-0.05, 0) is 18.9 Å². The molecule has 1 rings (SSSR count). The van der Waals surface area contributed by atoms with Gasteiger partial charge in [-0.15, -0.1) is 0 Å². The van der Waals surface area contributed by atoms with E-state index in [0.717, 1.165) is 6.07 Å². The van der Waals surface area contributed by atoms with Gasteiger partial charge in [-0.1, -0.05) is 25.4 Å². The van der Waals surface area contributed by atoms with E-state index < -0.39 is 16.9 Å². The summed E-state index contributed by atoms with van der Waals surface area (Å²) in [5, 5.41) is 16.1. The van der Waals surface area contributed by atoms with E-state index in [-0.39, 0.29) is 34.1 Å². The maximum Gasteiger partial charge on any atom is 0.270 e. The molecule has 2 atom stereocenters. The van der Waals surface area contributed by atoms with Gasteiger partial charge in [0, 0.05) is 25.3 Å². The Morgan fingerprint density at radius 3 is 2.40 bits per heavy atom. The molecule has 0 bridgehead atoms. The van der Waals surface area contributed by atoms with Crippen molar-refractivity contribution in [3.63, 3.8) is 0 Å². The third-order valence-electron chi connectivity index (χ3n) is 3.45. The lowest BCUT2D eigenvalue weighted by Crippen LogP contribution is -2.52. The molecule has 0 spiro atoms. The second-order valence-corrected chi connectivity index (χ2v) is 6.39. The molecule has 1 aromatic rings. The Kier molecular flexibility index (Phi) is 7.79. The number of hydrogen-bond donors (Lipinski definition) is 2. The molecule has 138 valence electrons. The van der Waals surface area contributed by atoms with Gasteiger partial charge < -0.3 is 15.4 Å². The van der Waals surface area contributed by atoms with Crippen LogP contribution in [0.1, 0.15) is 31.1 Å². The molecule has 0 aliphatic rings. The van der Waals surface area contributed by atoms with Crippen molar-refractivity contribution in [3.05, 3.63) is 38.9 Å². The van der Waals surface area contributed by atoms with E-state index in [2.05, 4.69) is 10.6 Å². The second-order valence-electron chi connectivity index (χ2n) is 5.98. The molecule has 8 nitrogen and oxygen atoms in total. The zero-order chi connectivity index (χ0) is 19.1. The molecule has 0 radical (unpaired) electrons. The summed E-state index contributed by atoms with van der Waals surface area (Å²) in [6, 6.07) is 2.56. The topological polar surface area (TPSA) is 111 Å². The van der Waals surface area contributed by atoms with Gasteiger partial charge in [-0.3, -0.25) is 19.7 Å². The molecule has 2 amide bonds. The first-order chi connectivity index (χ1) is 11.7. The van der Waals surface area contributed by atoms with E-state index in [9.17, 15) is 19.7 Å². The zero-order valence-electron chi connectivity index (χ0n) is 14.5. The van der Waals surface area contributed by atoms with Gasteiger partial charge in [-0.25, -0.2) is 0 Å². The fourth-order valence-electron chi connectivity index (χ4n) is 2.18. The number of hydrogen-bond acceptors (Lipinski definition) is 5. The minimum Gasteiger partial charge on any atom is -0.383 e. The van der Waals surface area contributed by atoms with Crippen LogP contribution in [0.5, 0.6) is 0 Å². The minimum atomic E-state index is -0.780. The van der Waals surface area contributed by atoms with Gasteiger partial charge in [0.25, 0.3) is 11.6 Å². The maximum atomic E-state index is 12.4. The van der Waals surface area contributed by atoms with Gasteiger partial charge in [0.15, 0.2) is 0 Å². The van der Waals surface area contributed by atoms with Crippen molar-refractivity contribution in [2.45, 2.75) is 32.9 Å². The van der Waals surface area contributed by atoms with Crippen LogP contribution in [0.4, 0.5) is 5.69 Å². The van der Waals surface area contributed by atoms with Crippen LogP contribution in [0.15, 0.2) is 18.2 Å². The molecule has 2 N–H and O–H groups in total. The number of nitrogens with one attached hydrogen (secondary N) is 2. The highest BCUT2D eigenvalue weighted by Crippen LogP contribution is 2.22. The number of ether oxygens (including phenoxy) is 1. The summed E-state index contributed by atoms with van der Waals surface area (Å²) in [4.78, 5) is 34.9. The normalized spacial score (nSPS) is 13.2. The Hall–Kier alpha value is -2.19. The van der Waals surface area contributed by atoms with E-state index in [1.807, 2.05) is 0 Å². The lowest BCUT2D eigenvalue weighted by Gasteiger charge is -2.24. The Morgan fingerprint density at radius 1 is 1.28 bits per heavy atom. The highest BCUT2D eigenvalue weighted by Gasteiger charge is 2.26. The molecule has 0 fully saturated rings. The molecule has 0 aliphatic heterocycles. The highest BCUT2D eigenvalue weighted by atomic mass is 35.5. The van der Waals surface area contributed by atoms with Crippen LogP contribution in [0.3, 0.4) is 0 Å². The standard InChI is InChI=1S/C16H22ClN3O5/c1-9(2)14(16(22)18-10(3)8-25-4)19-15(21)12-6-5-11(20(23)24)7-13(12)17/h5-7,9-10,14H,8H2,1-4H3,(H,18,22)(H,19,21). The number of nitro groups is 1. The number of nitro benzene ring substituents is 1. The third-order valence-corrected chi connectivity index (χ3v) is 3.76. The van der Waals surface area contributed by atoms with Crippen LogP contribution in [0, 0.1) is 16.0 Å². The largest absolute Gasteiger partial charge is 0.383 e. The number of carbonyl (C=O) groups is 2. The number of amides is 2. The molecule has 0 heterocycles. The van der Waals surface area contributed by atoms with Crippen molar-refractivity contribution in [2.75, 3.05) is 13.7 Å². The van der Waals surface area contributed by atoms with Gasteiger partial charge >= 0.3 is 0 Å². The number of rotatable bonds is 8. The lowest BCUT2D eigenvalue weighted by atomic mass is 10.0. The summed E-state index contributed by atoms with van der Waals surface area (Å²) >= 11 is 5.95. The van der Waals surface area contributed by atoms with E-state index >= 15 is 0 Å². The average Bonchev–Trinajstić information content (AvgIpc) is 2.51. The Morgan fingerprint density at radius 2 is 1.92 bits per heavy atom. The number of methoxy groups -OCH3 is 1. The summed E-state index contributed by atoms with van der Waals surface area (Å²) in [6.45, 7) is 5.72. The number of carbonyl (C=O) groups excluding carboxylic acids is 2. The van der Waals surface area contributed by atoms with E-state index in [1.54, 1.807) is 20.8 Å². The zero-order valence-corrected chi connectivity index (χ0v) is 15.3. The first kappa shape index (κ1) is 20.9. The third kappa shape index (κ3) is 5.99.